The van der Waals surface area contributed by atoms with Gasteiger partial charge in [-0.2, -0.15) is 13.2 Å². The summed E-state index contributed by atoms with van der Waals surface area (Å²) in [4.78, 5) is 36.2. The third-order valence-electron chi connectivity index (χ3n) is 4.06. The van der Waals surface area contributed by atoms with Gasteiger partial charge in [0.1, 0.15) is 0 Å². The average Bonchev–Trinajstić information content (AvgIpc) is 2.67. The number of ether oxygens (including phenoxy) is 1. The highest BCUT2D eigenvalue weighted by atomic mass is 19.4. The minimum absolute atomic E-state index is 0.0932. The quantitative estimate of drug-likeness (QED) is 0.555. The molecule has 1 N–H and O–H groups in total. The van der Waals surface area contributed by atoms with Crippen molar-refractivity contribution in [1.29, 1.82) is 0 Å². The van der Waals surface area contributed by atoms with Gasteiger partial charge in [0.15, 0.2) is 6.10 Å². The number of Topliss-reactive ketones (excluding diaryl/α,β-unsaturated/α-hetero) is 1. The number of hydrogen-bond acceptors (Lipinski definition) is 4. The molecular weight excluding hydrogens is 387 g/mol. The Hall–Kier alpha value is -3.16. The summed E-state index contributed by atoms with van der Waals surface area (Å²) in [5, 5.41) is 2.69. The van der Waals surface area contributed by atoms with Crippen molar-refractivity contribution in [2.45, 2.75) is 33.1 Å². The summed E-state index contributed by atoms with van der Waals surface area (Å²) in [5.74, 6) is -1.74. The first-order valence-corrected chi connectivity index (χ1v) is 8.82. The predicted octanol–water partition coefficient (Wildman–Crippen LogP) is 4.73. The van der Waals surface area contributed by atoms with E-state index in [9.17, 15) is 27.6 Å². The minimum atomic E-state index is -4.51. The van der Waals surface area contributed by atoms with Gasteiger partial charge >= 0.3 is 12.1 Å². The van der Waals surface area contributed by atoms with Crippen molar-refractivity contribution in [2.75, 3.05) is 5.32 Å². The molecule has 29 heavy (non-hydrogen) atoms. The number of carbonyl (C=O) groups is 3. The van der Waals surface area contributed by atoms with Crippen LogP contribution in [0.25, 0.3) is 0 Å². The molecule has 2 aromatic carbocycles. The molecule has 0 aliphatic heterocycles. The minimum Gasteiger partial charge on any atom is -0.451 e. The van der Waals surface area contributed by atoms with Crippen LogP contribution < -0.4 is 5.32 Å². The Balaban J connectivity index is 2.01. The highest BCUT2D eigenvalue weighted by Gasteiger charge is 2.30. The van der Waals surface area contributed by atoms with Crippen molar-refractivity contribution in [3.63, 3.8) is 0 Å². The third kappa shape index (κ3) is 5.91. The Morgan fingerprint density at radius 3 is 1.86 bits per heavy atom. The smallest absolute Gasteiger partial charge is 0.416 e. The number of ketones is 1. The van der Waals surface area contributed by atoms with E-state index >= 15 is 0 Å². The van der Waals surface area contributed by atoms with E-state index in [0.717, 1.165) is 24.3 Å². The van der Waals surface area contributed by atoms with E-state index in [0.29, 0.717) is 5.69 Å². The van der Waals surface area contributed by atoms with Gasteiger partial charge in [-0.15, -0.1) is 0 Å². The molecule has 154 valence electrons. The second kappa shape index (κ2) is 8.89. The first kappa shape index (κ1) is 22.1. The van der Waals surface area contributed by atoms with Crippen molar-refractivity contribution in [1.82, 2.24) is 0 Å². The Kier molecular flexibility index (Phi) is 6.79. The van der Waals surface area contributed by atoms with Crippen LogP contribution in [-0.2, 0) is 15.7 Å². The molecule has 2 rings (SSSR count). The zero-order valence-electron chi connectivity index (χ0n) is 16.0. The van der Waals surface area contributed by atoms with Gasteiger partial charge in [0.25, 0.3) is 0 Å². The van der Waals surface area contributed by atoms with E-state index in [1.165, 1.54) is 19.1 Å². The lowest BCUT2D eigenvalue weighted by Gasteiger charge is -2.14. The van der Waals surface area contributed by atoms with Crippen molar-refractivity contribution >= 4 is 23.3 Å². The van der Waals surface area contributed by atoms with Crippen LogP contribution in [-0.4, -0.2) is 23.8 Å². The molecule has 1 atom stereocenters. The number of amides is 1. The summed E-state index contributed by atoms with van der Waals surface area (Å²) in [6.45, 7) is 4.87. The third-order valence-corrected chi connectivity index (χ3v) is 4.06. The highest BCUT2D eigenvalue weighted by Crippen LogP contribution is 2.29. The molecule has 0 aliphatic carbocycles. The zero-order chi connectivity index (χ0) is 21.8. The predicted molar refractivity (Wildman–Crippen MR) is 101 cm³/mol. The van der Waals surface area contributed by atoms with Gasteiger partial charge in [-0.3, -0.25) is 9.59 Å². The molecule has 0 spiro atoms. The topological polar surface area (TPSA) is 72.5 Å². The Bertz CT molecular complexity index is 888. The summed E-state index contributed by atoms with van der Waals surface area (Å²) in [7, 11) is 0. The lowest BCUT2D eigenvalue weighted by Crippen LogP contribution is -2.24. The van der Waals surface area contributed by atoms with Crippen molar-refractivity contribution in [2.24, 2.45) is 5.92 Å². The van der Waals surface area contributed by atoms with Gasteiger partial charge in [-0.1, -0.05) is 13.8 Å². The van der Waals surface area contributed by atoms with E-state index in [1.807, 2.05) is 0 Å². The molecule has 0 fully saturated rings. The zero-order valence-corrected chi connectivity index (χ0v) is 16.0. The van der Waals surface area contributed by atoms with Crippen LogP contribution >= 0.6 is 0 Å². The monoisotopic (exact) mass is 407 g/mol. The first-order valence-electron chi connectivity index (χ1n) is 8.82. The van der Waals surface area contributed by atoms with Crippen LogP contribution in [0.4, 0.5) is 18.9 Å². The van der Waals surface area contributed by atoms with Gasteiger partial charge in [0.05, 0.1) is 11.1 Å². The number of halogens is 3. The molecular formula is C21H20F3NO4. The van der Waals surface area contributed by atoms with E-state index in [4.69, 9.17) is 4.74 Å². The highest BCUT2D eigenvalue weighted by molar-refractivity contribution is 6.02. The number of nitrogens with one attached hydrogen (secondary N) is 1. The summed E-state index contributed by atoms with van der Waals surface area (Å²) in [5.41, 5.74) is -0.192. The first-order chi connectivity index (χ1) is 13.5. The molecule has 0 bridgehead atoms. The normalized spacial score (nSPS) is 12.4. The maximum atomic E-state index is 12.6. The largest absolute Gasteiger partial charge is 0.451 e. The lowest BCUT2D eigenvalue weighted by atomic mass is 10.1. The Labute approximate surface area is 165 Å². The average molecular weight is 407 g/mol. The van der Waals surface area contributed by atoms with Crippen LogP contribution in [0, 0.1) is 5.92 Å². The number of alkyl halides is 3. The molecule has 0 saturated heterocycles. The molecule has 1 unspecified atom stereocenters. The molecule has 8 heteroatoms. The van der Waals surface area contributed by atoms with E-state index in [-0.39, 0.29) is 23.0 Å². The van der Waals surface area contributed by atoms with Crippen molar-refractivity contribution in [3.05, 3.63) is 65.2 Å². The van der Waals surface area contributed by atoms with Crippen molar-refractivity contribution in [3.8, 4) is 0 Å². The molecule has 5 nitrogen and oxygen atoms in total. The summed E-state index contributed by atoms with van der Waals surface area (Å²) in [6.07, 6.45) is -5.65. The summed E-state index contributed by atoms with van der Waals surface area (Å²) in [6, 6.07) is 9.61. The number of esters is 1. The summed E-state index contributed by atoms with van der Waals surface area (Å²) < 4.78 is 42.8. The molecule has 0 aromatic heterocycles. The van der Waals surface area contributed by atoms with Gasteiger partial charge in [-0.25, -0.2) is 4.79 Å². The second-order valence-corrected chi connectivity index (χ2v) is 6.71. The van der Waals surface area contributed by atoms with Gasteiger partial charge < -0.3 is 10.1 Å². The van der Waals surface area contributed by atoms with E-state index < -0.39 is 29.6 Å². The maximum absolute atomic E-state index is 12.6. The Morgan fingerprint density at radius 1 is 0.862 bits per heavy atom. The van der Waals surface area contributed by atoms with Crippen LogP contribution in [0.15, 0.2) is 48.5 Å². The number of rotatable bonds is 6. The van der Waals surface area contributed by atoms with Crippen molar-refractivity contribution < 1.29 is 32.3 Å². The number of benzene rings is 2. The molecule has 0 radical (unpaired) electrons. The molecule has 0 aliphatic rings. The second-order valence-electron chi connectivity index (χ2n) is 6.71. The standard InChI is InChI=1S/C21H20F3NO4/c1-12(2)19(27)25-17-10-6-14(7-11-17)18(26)13(3)29-20(28)15-4-8-16(9-5-15)21(22,23)24/h4-13H,1-3H3,(H,25,27). The maximum Gasteiger partial charge on any atom is 0.416 e. The lowest BCUT2D eigenvalue weighted by molar-refractivity contribution is -0.137. The summed E-state index contributed by atoms with van der Waals surface area (Å²) >= 11 is 0. The van der Waals surface area contributed by atoms with Gasteiger partial charge in [-0.05, 0) is 55.5 Å². The van der Waals surface area contributed by atoms with Crippen LogP contribution in [0.1, 0.15) is 47.1 Å². The molecule has 1 amide bonds. The van der Waals surface area contributed by atoms with Crippen LogP contribution in [0.5, 0.6) is 0 Å². The number of anilines is 1. The van der Waals surface area contributed by atoms with Crippen LogP contribution in [0.3, 0.4) is 0 Å². The fourth-order valence-corrected chi connectivity index (χ4v) is 2.32. The SMILES string of the molecule is CC(C)C(=O)Nc1ccc(C(=O)C(C)OC(=O)c2ccc(C(F)(F)F)cc2)cc1. The fraction of sp³-hybridized carbons (Fsp3) is 0.286. The van der Waals surface area contributed by atoms with Gasteiger partial charge in [0.2, 0.25) is 11.7 Å². The number of carbonyl (C=O) groups excluding carboxylic acids is 3. The molecule has 2 aromatic rings. The fourth-order valence-electron chi connectivity index (χ4n) is 2.32. The van der Waals surface area contributed by atoms with Crippen LogP contribution in [0.2, 0.25) is 0 Å². The van der Waals surface area contributed by atoms with Gasteiger partial charge in [0, 0.05) is 17.2 Å². The number of hydrogen-bond donors (Lipinski definition) is 1. The Morgan fingerprint density at radius 2 is 1.38 bits per heavy atom. The van der Waals surface area contributed by atoms with E-state index in [2.05, 4.69) is 5.32 Å². The molecule has 0 heterocycles. The molecule has 0 saturated carbocycles. The van der Waals surface area contributed by atoms with E-state index in [1.54, 1.807) is 26.0 Å².